The number of methoxy groups -OCH3 is 1. The fraction of sp³-hybridized carbons (Fsp3) is 0.0833. The molecule has 0 saturated carbocycles. The van der Waals surface area contributed by atoms with Gasteiger partial charge in [0.1, 0.15) is 23.3 Å². The highest BCUT2D eigenvalue weighted by Crippen LogP contribution is 2.44. The minimum atomic E-state index is -0.969. The number of para-hydroxylation sites is 1. The van der Waals surface area contributed by atoms with Crippen molar-refractivity contribution in [2.45, 2.75) is 6.04 Å². The smallest absolute Gasteiger partial charge is 0.300 e. The Kier molecular flexibility index (Phi) is 4.75. The lowest BCUT2D eigenvalue weighted by atomic mass is 9.99. The Morgan fingerprint density at radius 3 is 2.69 bits per heavy atom. The predicted molar refractivity (Wildman–Crippen MR) is 120 cm³/mol. The molecule has 8 heteroatoms. The molecule has 4 aromatic rings. The SMILES string of the molecule is COc1ccc(N2C(=O)C(=O)/C(=C(\O)c3c[nH]c4ccccc34)C2c2ccco2)cc1Cl. The molecule has 1 aliphatic heterocycles. The number of benzene rings is 2. The van der Waals surface area contributed by atoms with E-state index in [0.29, 0.717) is 22.8 Å². The van der Waals surface area contributed by atoms with Crippen molar-refractivity contribution in [3.05, 3.63) is 89.0 Å². The van der Waals surface area contributed by atoms with E-state index in [1.54, 1.807) is 30.5 Å². The predicted octanol–water partition coefficient (Wildman–Crippen LogP) is 5.05. The summed E-state index contributed by atoms with van der Waals surface area (Å²) in [6.07, 6.45) is 3.05. The van der Waals surface area contributed by atoms with Gasteiger partial charge in [-0.25, -0.2) is 0 Å². The maximum atomic E-state index is 13.2. The number of carbonyl (C=O) groups is 2. The lowest BCUT2D eigenvalue weighted by molar-refractivity contribution is -0.132. The molecule has 0 radical (unpaired) electrons. The Balaban J connectivity index is 1.72. The van der Waals surface area contributed by atoms with E-state index in [2.05, 4.69) is 4.98 Å². The highest BCUT2D eigenvalue weighted by molar-refractivity contribution is 6.52. The average molecular weight is 449 g/mol. The molecule has 160 valence electrons. The van der Waals surface area contributed by atoms with Crippen LogP contribution in [0.5, 0.6) is 5.75 Å². The molecule has 1 atom stereocenters. The van der Waals surface area contributed by atoms with Crippen LogP contribution in [-0.4, -0.2) is 28.9 Å². The fourth-order valence-corrected chi connectivity index (χ4v) is 4.28. The molecule has 2 N–H and O–H groups in total. The summed E-state index contributed by atoms with van der Waals surface area (Å²) in [7, 11) is 1.48. The summed E-state index contributed by atoms with van der Waals surface area (Å²) in [4.78, 5) is 30.6. The van der Waals surface area contributed by atoms with Gasteiger partial charge in [0.2, 0.25) is 0 Å². The maximum Gasteiger partial charge on any atom is 0.300 e. The van der Waals surface area contributed by atoms with Gasteiger partial charge in [0.25, 0.3) is 11.7 Å². The number of nitrogens with one attached hydrogen (secondary N) is 1. The minimum Gasteiger partial charge on any atom is -0.507 e. The number of aromatic amines is 1. The lowest BCUT2D eigenvalue weighted by Gasteiger charge is -2.23. The number of aliphatic hydroxyl groups is 1. The number of ether oxygens (including phenoxy) is 1. The van der Waals surface area contributed by atoms with Crippen LogP contribution in [0.15, 0.2) is 77.0 Å². The van der Waals surface area contributed by atoms with Gasteiger partial charge in [0.15, 0.2) is 0 Å². The van der Waals surface area contributed by atoms with Gasteiger partial charge in [-0.2, -0.15) is 0 Å². The number of furan rings is 1. The normalized spacial score (nSPS) is 17.9. The van der Waals surface area contributed by atoms with Crippen molar-refractivity contribution in [3.63, 3.8) is 0 Å². The van der Waals surface area contributed by atoms with E-state index in [-0.39, 0.29) is 16.4 Å². The third-order valence-corrected chi connectivity index (χ3v) is 5.81. The first-order chi connectivity index (χ1) is 15.5. The van der Waals surface area contributed by atoms with Gasteiger partial charge in [-0.3, -0.25) is 14.5 Å². The van der Waals surface area contributed by atoms with Gasteiger partial charge >= 0.3 is 0 Å². The molecule has 1 amide bonds. The summed E-state index contributed by atoms with van der Waals surface area (Å²) < 4.78 is 10.8. The number of anilines is 1. The Bertz CT molecular complexity index is 1390. The number of hydrogen-bond acceptors (Lipinski definition) is 5. The minimum absolute atomic E-state index is 0.0679. The van der Waals surface area contributed by atoms with Gasteiger partial charge in [0, 0.05) is 28.4 Å². The molecule has 1 saturated heterocycles. The molecule has 1 unspecified atom stereocenters. The number of aromatic nitrogens is 1. The number of rotatable bonds is 4. The molecule has 7 nitrogen and oxygen atoms in total. The van der Waals surface area contributed by atoms with Crippen molar-refractivity contribution in [3.8, 4) is 5.75 Å². The van der Waals surface area contributed by atoms with Gasteiger partial charge in [-0.1, -0.05) is 29.8 Å². The second-order valence-electron chi connectivity index (χ2n) is 7.25. The van der Waals surface area contributed by atoms with Gasteiger partial charge in [-0.15, -0.1) is 0 Å². The zero-order valence-electron chi connectivity index (χ0n) is 16.8. The van der Waals surface area contributed by atoms with Crippen LogP contribution in [0.3, 0.4) is 0 Å². The number of carbonyl (C=O) groups excluding carboxylic acids is 2. The van der Waals surface area contributed by atoms with Crippen LogP contribution in [0, 0.1) is 0 Å². The molecule has 5 rings (SSSR count). The summed E-state index contributed by atoms with van der Waals surface area (Å²) in [6, 6.07) is 14.5. The zero-order valence-corrected chi connectivity index (χ0v) is 17.6. The van der Waals surface area contributed by atoms with Crippen molar-refractivity contribution < 1.29 is 23.8 Å². The van der Waals surface area contributed by atoms with Crippen LogP contribution >= 0.6 is 11.6 Å². The zero-order chi connectivity index (χ0) is 22.4. The van der Waals surface area contributed by atoms with E-state index >= 15 is 0 Å². The third kappa shape index (κ3) is 2.98. The highest BCUT2D eigenvalue weighted by Gasteiger charge is 2.48. The van der Waals surface area contributed by atoms with Gasteiger partial charge in [0.05, 0.1) is 24.0 Å². The molecule has 32 heavy (non-hydrogen) atoms. The van der Waals surface area contributed by atoms with Crippen molar-refractivity contribution >= 4 is 45.6 Å². The summed E-state index contributed by atoms with van der Waals surface area (Å²) in [5.41, 5.74) is 1.52. The first-order valence-electron chi connectivity index (χ1n) is 9.75. The molecule has 2 aromatic carbocycles. The molecular weight excluding hydrogens is 432 g/mol. The fourth-order valence-electron chi connectivity index (χ4n) is 4.03. The number of hydrogen-bond donors (Lipinski definition) is 2. The van der Waals surface area contributed by atoms with E-state index in [1.165, 1.54) is 24.3 Å². The number of nitrogens with zero attached hydrogens (tertiary/aromatic N) is 1. The van der Waals surface area contributed by atoms with E-state index < -0.39 is 17.7 Å². The monoisotopic (exact) mass is 448 g/mol. The lowest BCUT2D eigenvalue weighted by Crippen LogP contribution is -2.29. The van der Waals surface area contributed by atoms with E-state index in [1.807, 2.05) is 24.3 Å². The highest BCUT2D eigenvalue weighted by atomic mass is 35.5. The second kappa shape index (κ2) is 7.62. The first-order valence-corrected chi connectivity index (χ1v) is 10.1. The molecule has 1 fully saturated rings. The van der Waals surface area contributed by atoms with Crippen LogP contribution in [0.2, 0.25) is 5.02 Å². The Labute approximate surface area is 187 Å². The van der Waals surface area contributed by atoms with Gasteiger partial charge in [-0.05, 0) is 36.4 Å². The van der Waals surface area contributed by atoms with E-state index in [0.717, 1.165) is 10.9 Å². The molecule has 2 aromatic heterocycles. The quantitative estimate of drug-likeness (QED) is 0.259. The van der Waals surface area contributed by atoms with Crippen molar-refractivity contribution in [2.24, 2.45) is 0 Å². The number of ketones is 1. The van der Waals surface area contributed by atoms with Crippen molar-refractivity contribution in [1.82, 2.24) is 4.98 Å². The Morgan fingerprint density at radius 2 is 1.97 bits per heavy atom. The number of amides is 1. The summed E-state index contributed by atoms with van der Waals surface area (Å²) >= 11 is 6.27. The standard InChI is InChI=1S/C24H17ClN2O5/c1-31-18-9-8-13(11-16(18)25)27-21(19-7-4-10-32-19)20(23(29)24(27)30)22(28)15-12-26-17-6-3-2-5-14(15)17/h2-12,21,26,28H,1H3/b22-20-. The second-order valence-corrected chi connectivity index (χ2v) is 7.66. The number of aliphatic hydroxyl groups excluding tert-OH is 1. The van der Waals surface area contributed by atoms with Crippen LogP contribution in [0.1, 0.15) is 17.4 Å². The summed E-state index contributed by atoms with van der Waals surface area (Å²) in [5.74, 6) is -1.14. The van der Waals surface area contributed by atoms with E-state index in [9.17, 15) is 14.7 Å². The van der Waals surface area contributed by atoms with Gasteiger partial charge < -0.3 is 19.2 Å². The molecule has 3 heterocycles. The number of H-pyrrole nitrogens is 1. The number of halogens is 1. The summed E-state index contributed by atoms with van der Waals surface area (Å²) in [6.45, 7) is 0. The molecular formula is C24H17ClN2O5. The molecule has 0 bridgehead atoms. The topological polar surface area (TPSA) is 95.8 Å². The van der Waals surface area contributed by atoms with Crippen LogP contribution in [0.4, 0.5) is 5.69 Å². The average Bonchev–Trinajstić information content (AvgIpc) is 3.52. The van der Waals surface area contributed by atoms with Crippen LogP contribution in [0.25, 0.3) is 16.7 Å². The van der Waals surface area contributed by atoms with Crippen molar-refractivity contribution in [1.29, 1.82) is 0 Å². The first kappa shape index (κ1) is 20.0. The molecule has 1 aliphatic rings. The molecule has 0 spiro atoms. The largest absolute Gasteiger partial charge is 0.507 e. The maximum absolute atomic E-state index is 13.2. The van der Waals surface area contributed by atoms with Crippen LogP contribution in [-0.2, 0) is 9.59 Å². The molecule has 0 aliphatic carbocycles. The van der Waals surface area contributed by atoms with E-state index in [4.69, 9.17) is 20.8 Å². The number of Topliss-reactive ketones (excluding diaryl/α,β-unsaturated/α-hetero) is 1. The Hall–Kier alpha value is -3.97. The third-order valence-electron chi connectivity index (χ3n) is 5.52. The van der Waals surface area contributed by atoms with Crippen LogP contribution < -0.4 is 9.64 Å². The number of fused-ring (bicyclic) bond motifs is 1. The van der Waals surface area contributed by atoms with Crippen molar-refractivity contribution in [2.75, 3.05) is 12.0 Å². The summed E-state index contributed by atoms with van der Waals surface area (Å²) in [5, 5.41) is 12.2. The Morgan fingerprint density at radius 1 is 1.16 bits per heavy atom.